The number of anilines is 1. The van der Waals surface area contributed by atoms with E-state index in [0.717, 1.165) is 17.6 Å². The summed E-state index contributed by atoms with van der Waals surface area (Å²) in [5, 5.41) is 15.8. The van der Waals surface area contributed by atoms with Crippen molar-refractivity contribution in [2.24, 2.45) is 0 Å². The number of nitriles is 1. The Balaban J connectivity index is 1.48. The van der Waals surface area contributed by atoms with E-state index in [4.69, 9.17) is 4.74 Å². The van der Waals surface area contributed by atoms with Crippen molar-refractivity contribution >= 4 is 22.5 Å². The first kappa shape index (κ1) is 20.4. The highest BCUT2D eigenvalue weighted by Crippen LogP contribution is 2.29. The molecule has 2 aliphatic rings. The summed E-state index contributed by atoms with van der Waals surface area (Å²) in [6, 6.07) is 5.82. The van der Waals surface area contributed by atoms with Crippen LogP contribution in [-0.2, 0) is 9.53 Å². The van der Waals surface area contributed by atoms with Gasteiger partial charge in [0.15, 0.2) is 5.69 Å². The van der Waals surface area contributed by atoms with Crippen LogP contribution in [0.1, 0.15) is 25.5 Å². The van der Waals surface area contributed by atoms with Gasteiger partial charge in [-0.1, -0.05) is 0 Å². The zero-order valence-electron chi connectivity index (χ0n) is 16.9. The second-order valence-corrected chi connectivity index (χ2v) is 7.93. The third-order valence-corrected chi connectivity index (χ3v) is 5.63. The summed E-state index contributed by atoms with van der Waals surface area (Å²) in [5.74, 6) is -0.585. The van der Waals surface area contributed by atoms with Crippen LogP contribution >= 0.6 is 0 Å². The van der Waals surface area contributed by atoms with E-state index in [9.17, 15) is 14.4 Å². The normalized spacial score (nSPS) is 26.9. The lowest BCUT2D eigenvalue weighted by Gasteiger charge is -2.39. The highest BCUT2D eigenvalue weighted by Gasteiger charge is 2.40. The van der Waals surface area contributed by atoms with Gasteiger partial charge in [0.1, 0.15) is 11.6 Å². The first-order valence-corrected chi connectivity index (χ1v) is 10.2. The van der Waals surface area contributed by atoms with Crippen molar-refractivity contribution in [2.45, 2.75) is 37.6 Å². The molecule has 4 heterocycles. The quantitative estimate of drug-likeness (QED) is 0.780. The molecular weight excluding hydrogens is 387 g/mol. The molecule has 158 valence electrons. The Hall–Kier alpha value is -2.83. The third kappa shape index (κ3) is 4.06. The fraction of sp³-hybridized carbons (Fsp3) is 0.524. The fourth-order valence-electron chi connectivity index (χ4n) is 4.17. The van der Waals surface area contributed by atoms with Crippen LogP contribution < -0.4 is 15.5 Å². The molecule has 2 aromatic rings. The summed E-state index contributed by atoms with van der Waals surface area (Å²) in [5.41, 5.74) is -0.154. The molecule has 0 saturated carbocycles. The second-order valence-electron chi connectivity index (χ2n) is 7.93. The van der Waals surface area contributed by atoms with Gasteiger partial charge in [-0.05, 0) is 38.4 Å². The monoisotopic (exact) mass is 412 g/mol. The van der Waals surface area contributed by atoms with Crippen LogP contribution in [0.2, 0.25) is 0 Å². The van der Waals surface area contributed by atoms with Gasteiger partial charge in [0.05, 0.1) is 24.1 Å². The predicted octanol–water partition coefficient (Wildman–Crippen LogP) is 1.30. The maximum Gasteiger partial charge on any atom is 0.259 e. The zero-order chi connectivity index (χ0) is 21.1. The van der Waals surface area contributed by atoms with Gasteiger partial charge in [0.2, 0.25) is 5.67 Å². The smallest absolute Gasteiger partial charge is 0.259 e. The van der Waals surface area contributed by atoms with E-state index in [1.165, 1.54) is 0 Å². The predicted molar refractivity (Wildman–Crippen MR) is 110 cm³/mol. The number of morpholine rings is 1. The number of nitrogens with zero attached hydrogens (tertiary/aromatic N) is 4. The molecule has 4 rings (SSSR count). The number of pyridine rings is 2. The van der Waals surface area contributed by atoms with E-state index in [0.29, 0.717) is 25.0 Å². The number of aromatic nitrogens is 2. The minimum atomic E-state index is -1.86. The standard InChI is InChI=1S/C21H25FN6O2/c1-14-11-28(18-10-26-17(8-23)19-16(18)4-2-7-25-19)12-15(30-14)9-27-20(29)21(22)5-3-6-24-13-21/h2,4,7,10,14-15,24H,3,5-6,9,11-13H2,1H3,(H,27,29)/t14-,15+,21+/m1/s1. The van der Waals surface area contributed by atoms with Gasteiger partial charge in [-0.3, -0.25) is 9.78 Å². The number of hydrogen-bond donors (Lipinski definition) is 2. The van der Waals surface area contributed by atoms with E-state index in [2.05, 4.69) is 31.6 Å². The Bertz CT molecular complexity index is 972. The lowest BCUT2D eigenvalue weighted by molar-refractivity contribution is -0.135. The summed E-state index contributed by atoms with van der Waals surface area (Å²) in [6.45, 7) is 4.12. The number of carbonyl (C=O) groups excluding carboxylic acids is 1. The molecule has 0 aromatic carbocycles. The van der Waals surface area contributed by atoms with E-state index in [-0.39, 0.29) is 37.4 Å². The molecule has 2 fully saturated rings. The molecule has 2 saturated heterocycles. The number of halogens is 1. The van der Waals surface area contributed by atoms with E-state index in [1.807, 2.05) is 19.1 Å². The van der Waals surface area contributed by atoms with Crippen molar-refractivity contribution in [3.63, 3.8) is 0 Å². The van der Waals surface area contributed by atoms with E-state index < -0.39 is 11.6 Å². The van der Waals surface area contributed by atoms with Gasteiger partial charge in [-0.2, -0.15) is 5.26 Å². The van der Waals surface area contributed by atoms with Gasteiger partial charge in [-0.25, -0.2) is 9.37 Å². The lowest BCUT2D eigenvalue weighted by Crippen LogP contribution is -2.56. The fourth-order valence-corrected chi connectivity index (χ4v) is 4.17. The van der Waals surface area contributed by atoms with E-state index >= 15 is 0 Å². The molecule has 0 bridgehead atoms. The van der Waals surface area contributed by atoms with Crippen LogP contribution in [0.4, 0.5) is 10.1 Å². The van der Waals surface area contributed by atoms with Gasteiger partial charge < -0.3 is 20.3 Å². The Morgan fingerprint density at radius 3 is 3.13 bits per heavy atom. The molecule has 2 N–H and O–H groups in total. The number of piperidine rings is 1. The molecule has 3 atom stereocenters. The Morgan fingerprint density at radius 1 is 1.50 bits per heavy atom. The van der Waals surface area contributed by atoms with Crippen molar-refractivity contribution in [3.8, 4) is 6.07 Å². The molecule has 0 unspecified atom stereocenters. The van der Waals surface area contributed by atoms with Gasteiger partial charge in [-0.15, -0.1) is 0 Å². The number of carbonyl (C=O) groups is 1. The van der Waals surface area contributed by atoms with Crippen LogP contribution in [0.15, 0.2) is 24.5 Å². The number of rotatable bonds is 4. The van der Waals surface area contributed by atoms with Crippen molar-refractivity contribution in [3.05, 3.63) is 30.2 Å². The second kappa shape index (κ2) is 8.50. The van der Waals surface area contributed by atoms with Crippen LogP contribution in [0.3, 0.4) is 0 Å². The maximum absolute atomic E-state index is 14.8. The molecule has 0 aliphatic carbocycles. The molecule has 9 heteroatoms. The van der Waals surface area contributed by atoms with Crippen LogP contribution in [0.25, 0.3) is 10.9 Å². The van der Waals surface area contributed by atoms with Crippen LogP contribution in [0.5, 0.6) is 0 Å². The third-order valence-electron chi connectivity index (χ3n) is 5.63. The Labute approximate surface area is 174 Å². The summed E-state index contributed by atoms with van der Waals surface area (Å²) in [7, 11) is 0. The topological polar surface area (TPSA) is 103 Å². The number of alkyl halides is 1. The summed E-state index contributed by atoms with van der Waals surface area (Å²) in [6.07, 6.45) is 3.82. The Morgan fingerprint density at radius 2 is 2.37 bits per heavy atom. The molecule has 8 nitrogen and oxygen atoms in total. The number of fused-ring (bicyclic) bond motifs is 1. The Kier molecular flexibility index (Phi) is 5.79. The highest BCUT2D eigenvalue weighted by molar-refractivity contribution is 5.93. The van der Waals surface area contributed by atoms with Gasteiger partial charge >= 0.3 is 0 Å². The SMILES string of the molecule is C[C@@H]1CN(c2cnc(C#N)c3ncccc23)C[C@H](CNC(=O)[C@]2(F)CCCNC2)O1. The van der Waals surface area contributed by atoms with Crippen molar-refractivity contribution < 1.29 is 13.9 Å². The molecule has 2 aromatic heterocycles. The zero-order valence-corrected chi connectivity index (χ0v) is 16.9. The highest BCUT2D eigenvalue weighted by atomic mass is 19.1. The first-order valence-electron chi connectivity index (χ1n) is 10.2. The first-order chi connectivity index (χ1) is 14.5. The molecule has 0 radical (unpaired) electrons. The lowest BCUT2D eigenvalue weighted by atomic mass is 9.95. The van der Waals surface area contributed by atoms with Crippen molar-refractivity contribution in [2.75, 3.05) is 37.6 Å². The molecule has 1 amide bonds. The summed E-state index contributed by atoms with van der Waals surface area (Å²) < 4.78 is 20.8. The largest absolute Gasteiger partial charge is 0.370 e. The average molecular weight is 412 g/mol. The molecule has 0 spiro atoms. The number of hydrogen-bond acceptors (Lipinski definition) is 7. The average Bonchev–Trinajstić information content (AvgIpc) is 2.76. The van der Waals surface area contributed by atoms with Crippen molar-refractivity contribution in [1.82, 2.24) is 20.6 Å². The molecular formula is C21H25FN6O2. The number of amides is 1. The minimum absolute atomic E-state index is 0.0444. The summed E-state index contributed by atoms with van der Waals surface area (Å²) >= 11 is 0. The number of ether oxygens (including phenoxy) is 1. The summed E-state index contributed by atoms with van der Waals surface area (Å²) in [4.78, 5) is 23.1. The van der Waals surface area contributed by atoms with Gasteiger partial charge in [0, 0.05) is 37.8 Å². The molecule has 2 aliphatic heterocycles. The van der Waals surface area contributed by atoms with E-state index in [1.54, 1.807) is 12.4 Å². The van der Waals surface area contributed by atoms with Gasteiger partial charge in [0.25, 0.3) is 5.91 Å². The van der Waals surface area contributed by atoms with Crippen LogP contribution in [0, 0.1) is 11.3 Å². The van der Waals surface area contributed by atoms with Crippen molar-refractivity contribution in [1.29, 1.82) is 5.26 Å². The number of nitrogens with one attached hydrogen (secondary N) is 2. The maximum atomic E-state index is 14.8. The molecule has 30 heavy (non-hydrogen) atoms. The van der Waals surface area contributed by atoms with Crippen LogP contribution in [-0.4, -0.2) is 66.5 Å². The minimum Gasteiger partial charge on any atom is -0.370 e.